The molecule has 0 aromatic carbocycles. The van der Waals surface area contributed by atoms with Crippen LogP contribution in [0.1, 0.15) is 252 Å². The molecular weight excluding hydrogens is 928 g/mol. The van der Waals surface area contributed by atoms with Gasteiger partial charge < -0.3 is 24.2 Å². The highest BCUT2D eigenvalue weighted by molar-refractivity contribution is 7.47. The summed E-state index contributed by atoms with van der Waals surface area (Å²) in [5.74, 6) is -1.50. The van der Waals surface area contributed by atoms with E-state index in [1.807, 2.05) is 0 Å². The predicted octanol–water partition coefficient (Wildman–Crippen LogP) is 16.9. The smallest absolute Gasteiger partial charge is 0.462 e. The van der Waals surface area contributed by atoms with Crippen molar-refractivity contribution in [2.75, 3.05) is 26.4 Å². The van der Waals surface area contributed by atoms with Crippen LogP contribution in [-0.2, 0) is 42.2 Å². The molecule has 0 fully saturated rings. The van der Waals surface area contributed by atoms with E-state index < -0.39 is 57.8 Å². The molecule has 0 aromatic rings. The van der Waals surface area contributed by atoms with Crippen molar-refractivity contribution in [3.05, 3.63) is 72.9 Å². The number of aliphatic hydroxyl groups excluding tert-OH is 1. The molecule has 3 unspecified atom stereocenters. The fraction of sp³-hybridized carbons (Fsp3) is 0.750. The largest absolute Gasteiger partial charge is 0.472 e. The van der Waals surface area contributed by atoms with Crippen molar-refractivity contribution in [2.24, 2.45) is 0 Å². The second-order valence-electron chi connectivity index (χ2n) is 19.1. The van der Waals surface area contributed by atoms with Crippen molar-refractivity contribution in [2.45, 2.75) is 264 Å². The van der Waals surface area contributed by atoms with Crippen LogP contribution in [0.2, 0.25) is 0 Å². The third-order valence-corrected chi connectivity index (χ3v) is 13.0. The molecule has 11 nitrogen and oxygen atoms in total. The molecule has 0 amide bonds. The molecule has 416 valence electrons. The maximum Gasteiger partial charge on any atom is 0.472 e. The van der Waals surface area contributed by atoms with Crippen LogP contribution in [0.4, 0.5) is 0 Å². The van der Waals surface area contributed by atoms with Crippen LogP contribution in [0.15, 0.2) is 72.9 Å². The van der Waals surface area contributed by atoms with E-state index in [1.54, 1.807) is 0 Å². The lowest BCUT2D eigenvalue weighted by atomic mass is 10.1. The van der Waals surface area contributed by atoms with E-state index in [9.17, 15) is 28.9 Å². The van der Waals surface area contributed by atoms with Gasteiger partial charge in [-0.25, -0.2) is 4.57 Å². The van der Waals surface area contributed by atoms with Gasteiger partial charge in [0.05, 0.1) is 19.8 Å². The topological polar surface area (TPSA) is 155 Å². The standard InChI is InChI=1S/C60H105O11P/c1-4-7-10-13-16-19-22-25-27-28-30-33-36-39-42-45-48-51-60(64)71-57(53-67-58(62)49-46-43-40-37-34-32-29-26-23-20-17-14-11-8-5-2)55-69-72(65,66)68-54-56(52-61)70-59(63)50-47-44-41-38-35-31-24-21-18-15-12-9-6-3/h8,11-12,15,17,20-21,24-27,29,56-57,61H,4-7,9-10,13-14,16,18-19,22-23,28,30-55H2,1-3H3,(H,65,66)/b11-8-,15-12-,20-17-,24-21-,27-25-,29-26-. The van der Waals surface area contributed by atoms with E-state index in [0.717, 1.165) is 128 Å². The minimum absolute atomic E-state index is 0.156. The summed E-state index contributed by atoms with van der Waals surface area (Å²) in [7, 11) is -4.76. The molecule has 0 radical (unpaired) electrons. The predicted molar refractivity (Wildman–Crippen MR) is 298 cm³/mol. The van der Waals surface area contributed by atoms with E-state index in [0.29, 0.717) is 19.3 Å². The van der Waals surface area contributed by atoms with Crippen LogP contribution in [0.5, 0.6) is 0 Å². The molecule has 0 saturated heterocycles. The highest BCUT2D eigenvalue weighted by atomic mass is 31.2. The molecule has 72 heavy (non-hydrogen) atoms. The number of allylic oxidation sites excluding steroid dienone is 12. The van der Waals surface area contributed by atoms with E-state index in [4.69, 9.17) is 23.3 Å². The van der Waals surface area contributed by atoms with E-state index in [1.165, 1.54) is 64.2 Å². The Balaban J connectivity index is 4.76. The molecule has 0 aliphatic rings. The van der Waals surface area contributed by atoms with Crippen molar-refractivity contribution in [1.29, 1.82) is 0 Å². The Bertz CT molecular complexity index is 1490. The lowest BCUT2D eigenvalue weighted by molar-refractivity contribution is -0.161. The zero-order valence-electron chi connectivity index (χ0n) is 45.9. The number of ether oxygens (including phenoxy) is 3. The van der Waals surface area contributed by atoms with Crippen LogP contribution in [-0.4, -0.2) is 66.5 Å². The number of carbonyl (C=O) groups is 3. The SMILES string of the molecule is CC/C=C\C/C=C\C/C=C\CCCCCCCC(=O)OCC(COP(=O)(O)OCC(CO)OC(=O)CCCCCCC/C=C\C/C=C\CCC)OC(=O)CCCCCCCCC/C=C\CCCCCCCC. The summed E-state index contributed by atoms with van der Waals surface area (Å²) in [5, 5.41) is 9.80. The van der Waals surface area contributed by atoms with Gasteiger partial charge in [0.1, 0.15) is 12.7 Å². The summed E-state index contributed by atoms with van der Waals surface area (Å²) < 4.78 is 39.5. The Labute approximate surface area is 439 Å². The molecule has 2 N–H and O–H groups in total. The highest BCUT2D eigenvalue weighted by Crippen LogP contribution is 2.43. The summed E-state index contributed by atoms with van der Waals surface area (Å²) in [6.07, 6.45) is 60.0. The van der Waals surface area contributed by atoms with E-state index in [-0.39, 0.29) is 25.9 Å². The lowest BCUT2D eigenvalue weighted by Crippen LogP contribution is -2.30. The zero-order chi connectivity index (χ0) is 52.7. The minimum atomic E-state index is -4.76. The average Bonchev–Trinajstić information content (AvgIpc) is 3.37. The Morgan fingerprint density at radius 3 is 1.18 bits per heavy atom. The molecular formula is C60H105O11P. The zero-order valence-corrected chi connectivity index (χ0v) is 46.8. The molecule has 0 bridgehead atoms. The fourth-order valence-electron chi connectivity index (χ4n) is 7.70. The van der Waals surface area contributed by atoms with Gasteiger partial charge in [0.25, 0.3) is 0 Å². The van der Waals surface area contributed by atoms with Gasteiger partial charge in [0, 0.05) is 19.3 Å². The van der Waals surface area contributed by atoms with Gasteiger partial charge in [0.2, 0.25) is 0 Å². The van der Waals surface area contributed by atoms with Gasteiger partial charge in [-0.3, -0.25) is 23.4 Å². The molecule has 0 aliphatic carbocycles. The molecule has 0 heterocycles. The Hall–Kier alpha value is -3.08. The van der Waals surface area contributed by atoms with E-state index in [2.05, 4.69) is 93.7 Å². The quantitative estimate of drug-likeness (QED) is 0.0197. The van der Waals surface area contributed by atoms with Gasteiger partial charge >= 0.3 is 25.7 Å². The number of hydrogen-bond donors (Lipinski definition) is 2. The second-order valence-corrected chi connectivity index (χ2v) is 20.5. The third-order valence-electron chi connectivity index (χ3n) is 12.1. The molecule has 0 aliphatic heterocycles. The normalized spacial score (nSPS) is 13.9. The Morgan fingerprint density at radius 1 is 0.403 bits per heavy atom. The van der Waals surface area contributed by atoms with Gasteiger partial charge in [-0.15, -0.1) is 0 Å². The van der Waals surface area contributed by atoms with Crippen LogP contribution in [0.25, 0.3) is 0 Å². The van der Waals surface area contributed by atoms with Gasteiger partial charge in [-0.05, 0) is 103 Å². The first-order valence-corrected chi connectivity index (χ1v) is 30.3. The summed E-state index contributed by atoms with van der Waals surface area (Å²) in [4.78, 5) is 48.5. The lowest BCUT2D eigenvalue weighted by Gasteiger charge is -2.21. The molecule has 3 atom stereocenters. The average molecular weight is 1030 g/mol. The molecule has 0 aromatic heterocycles. The molecule has 0 rings (SSSR count). The number of esters is 3. The van der Waals surface area contributed by atoms with Crippen LogP contribution < -0.4 is 0 Å². The Morgan fingerprint density at radius 2 is 0.750 bits per heavy atom. The van der Waals surface area contributed by atoms with Gasteiger partial charge in [-0.2, -0.15) is 0 Å². The summed E-state index contributed by atoms with van der Waals surface area (Å²) >= 11 is 0. The van der Waals surface area contributed by atoms with Crippen molar-refractivity contribution in [3.63, 3.8) is 0 Å². The number of aliphatic hydroxyl groups is 1. The third kappa shape index (κ3) is 51.8. The Kier molecular flexibility index (Phi) is 51.9. The second kappa shape index (κ2) is 54.2. The van der Waals surface area contributed by atoms with Gasteiger partial charge in [0.15, 0.2) is 6.10 Å². The number of unbranched alkanes of at least 4 members (excludes halogenated alkanes) is 24. The van der Waals surface area contributed by atoms with Crippen molar-refractivity contribution >= 4 is 25.7 Å². The van der Waals surface area contributed by atoms with Crippen molar-refractivity contribution in [3.8, 4) is 0 Å². The molecule has 12 heteroatoms. The monoisotopic (exact) mass is 1030 g/mol. The maximum atomic E-state index is 12.9. The minimum Gasteiger partial charge on any atom is -0.462 e. The first kappa shape index (κ1) is 68.9. The molecule has 0 saturated carbocycles. The number of carbonyl (C=O) groups excluding carboxylic acids is 3. The fourth-order valence-corrected chi connectivity index (χ4v) is 8.48. The van der Waals surface area contributed by atoms with Gasteiger partial charge in [-0.1, -0.05) is 203 Å². The highest BCUT2D eigenvalue weighted by Gasteiger charge is 2.28. The number of rotatable bonds is 53. The maximum absolute atomic E-state index is 12.9. The molecule has 0 spiro atoms. The summed E-state index contributed by atoms with van der Waals surface area (Å²) in [5.41, 5.74) is 0. The van der Waals surface area contributed by atoms with E-state index >= 15 is 0 Å². The van der Waals surface area contributed by atoms with Crippen molar-refractivity contribution < 1.29 is 52.2 Å². The van der Waals surface area contributed by atoms with Crippen LogP contribution in [0, 0.1) is 0 Å². The first-order valence-electron chi connectivity index (χ1n) is 28.8. The van der Waals surface area contributed by atoms with Crippen molar-refractivity contribution in [1.82, 2.24) is 0 Å². The number of hydrogen-bond acceptors (Lipinski definition) is 10. The summed E-state index contributed by atoms with van der Waals surface area (Å²) in [6.45, 7) is 4.43. The van der Waals surface area contributed by atoms with Crippen LogP contribution in [0.3, 0.4) is 0 Å². The summed E-state index contributed by atoms with van der Waals surface area (Å²) in [6, 6.07) is 0. The number of phosphoric acid groups is 1. The first-order chi connectivity index (χ1) is 35.2. The van der Waals surface area contributed by atoms with Crippen LogP contribution >= 0.6 is 7.82 Å². The number of phosphoric ester groups is 1.